The van der Waals surface area contributed by atoms with E-state index in [1.54, 1.807) is 11.0 Å². The minimum absolute atomic E-state index is 0.158. The third-order valence-electron chi connectivity index (χ3n) is 5.62. The van der Waals surface area contributed by atoms with Crippen LogP contribution in [0, 0.1) is 18.3 Å². The summed E-state index contributed by atoms with van der Waals surface area (Å²) in [5.74, 6) is -0.780. The number of fused-ring (bicyclic) bond motifs is 1. The predicted molar refractivity (Wildman–Crippen MR) is 90.5 cm³/mol. The Bertz CT molecular complexity index is 833. The van der Waals surface area contributed by atoms with Crippen molar-refractivity contribution < 1.29 is 23.8 Å². The third-order valence-corrected chi connectivity index (χ3v) is 5.62. The van der Waals surface area contributed by atoms with Gasteiger partial charge in [-0.05, 0) is 31.9 Å². The molecule has 2 aliphatic rings. The van der Waals surface area contributed by atoms with Crippen molar-refractivity contribution in [3.63, 3.8) is 0 Å². The molecule has 1 aromatic heterocycles. The minimum Gasteiger partial charge on any atom is -0.481 e. The highest BCUT2D eigenvalue weighted by Gasteiger charge is 2.52. The van der Waals surface area contributed by atoms with Gasteiger partial charge in [-0.25, -0.2) is 0 Å². The number of amides is 1. The Morgan fingerprint density at radius 3 is 2.76 bits per heavy atom. The van der Waals surface area contributed by atoms with Crippen LogP contribution in [0.2, 0.25) is 0 Å². The molecule has 4 rings (SSSR count). The van der Waals surface area contributed by atoms with E-state index in [-0.39, 0.29) is 17.9 Å². The van der Waals surface area contributed by atoms with Gasteiger partial charge in [0.05, 0.1) is 11.5 Å². The van der Waals surface area contributed by atoms with E-state index >= 15 is 0 Å². The summed E-state index contributed by atoms with van der Waals surface area (Å²) in [6, 6.07) is 7.39. The van der Waals surface area contributed by atoms with E-state index < -0.39 is 11.9 Å². The molecule has 2 aliphatic heterocycles. The number of hydrogen-bond acceptors (Lipinski definition) is 4. The number of furan rings is 1. The molecule has 0 bridgehead atoms. The summed E-state index contributed by atoms with van der Waals surface area (Å²) in [4.78, 5) is 26.6. The number of carbonyl (C=O) groups excluding carboxylic acids is 1. The Balaban J connectivity index is 1.67. The number of aliphatic carboxylic acids is 1. The largest absolute Gasteiger partial charge is 0.481 e. The molecule has 2 fully saturated rings. The highest BCUT2D eigenvalue weighted by molar-refractivity contribution is 6.05. The first-order chi connectivity index (χ1) is 12.0. The number of nitrogens with zero attached hydrogens (tertiary/aromatic N) is 1. The van der Waals surface area contributed by atoms with Crippen molar-refractivity contribution in [2.75, 3.05) is 26.3 Å². The molecule has 1 N–H and O–H groups in total. The molecule has 2 aromatic rings. The molecule has 0 saturated carbocycles. The smallest absolute Gasteiger partial charge is 0.308 e. The van der Waals surface area contributed by atoms with Crippen LogP contribution in [0.5, 0.6) is 0 Å². The SMILES string of the molecule is Cc1cc2cccc(C(=O)N3CC(C(=O)O)C4(CCOCC4)C3)c2o1. The molecule has 0 radical (unpaired) electrons. The molecule has 132 valence electrons. The van der Waals surface area contributed by atoms with Gasteiger partial charge in [0.2, 0.25) is 0 Å². The maximum atomic E-state index is 13.1. The fourth-order valence-electron chi connectivity index (χ4n) is 4.28. The van der Waals surface area contributed by atoms with E-state index in [0.29, 0.717) is 43.7 Å². The lowest BCUT2D eigenvalue weighted by molar-refractivity contribution is -0.146. The summed E-state index contributed by atoms with van der Waals surface area (Å²) in [6.07, 6.45) is 1.36. The summed E-state index contributed by atoms with van der Waals surface area (Å²) < 4.78 is 11.1. The van der Waals surface area contributed by atoms with Crippen molar-refractivity contribution >= 4 is 22.8 Å². The van der Waals surface area contributed by atoms with E-state index in [4.69, 9.17) is 9.15 Å². The van der Waals surface area contributed by atoms with Crippen molar-refractivity contribution in [1.29, 1.82) is 0 Å². The van der Waals surface area contributed by atoms with E-state index in [0.717, 1.165) is 11.1 Å². The molecule has 1 atom stereocenters. The lowest BCUT2D eigenvalue weighted by Gasteiger charge is -2.36. The molecular formula is C19H21NO5. The van der Waals surface area contributed by atoms with E-state index in [1.807, 2.05) is 25.1 Å². The number of carboxylic acid groups (broad SMARTS) is 1. The average Bonchev–Trinajstić information content (AvgIpc) is 3.14. The molecule has 2 saturated heterocycles. The van der Waals surface area contributed by atoms with Crippen molar-refractivity contribution in [2.24, 2.45) is 11.3 Å². The fraction of sp³-hybridized carbons (Fsp3) is 0.474. The molecule has 6 heteroatoms. The van der Waals surface area contributed by atoms with Gasteiger partial charge in [-0.3, -0.25) is 9.59 Å². The average molecular weight is 343 g/mol. The van der Waals surface area contributed by atoms with Gasteiger partial charge in [0.25, 0.3) is 5.91 Å². The number of carbonyl (C=O) groups is 2. The van der Waals surface area contributed by atoms with E-state index in [1.165, 1.54) is 0 Å². The van der Waals surface area contributed by atoms with E-state index in [2.05, 4.69) is 0 Å². The highest BCUT2D eigenvalue weighted by atomic mass is 16.5. The second kappa shape index (κ2) is 5.88. The monoisotopic (exact) mass is 343 g/mol. The molecular weight excluding hydrogens is 322 g/mol. The van der Waals surface area contributed by atoms with Gasteiger partial charge < -0.3 is 19.2 Å². The van der Waals surface area contributed by atoms with Gasteiger partial charge in [-0.1, -0.05) is 12.1 Å². The molecule has 1 spiro atoms. The molecule has 0 aliphatic carbocycles. The molecule has 25 heavy (non-hydrogen) atoms. The molecule has 1 amide bonds. The Morgan fingerprint density at radius 1 is 1.28 bits per heavy atom. The maximum Gasteiger partial charge on any atom is 0.308 e. The number of hydrogen-bond donors (Lipinski definition) is 1. The number of likely N-dealkylation sites (tertiary alicyclic amines) is 1. The Kier molecular flexibility index (Phi) is 3.80. The van der Waals surface area contributed by atoms with Crippen LogP contribution in [0.15, 0.2) is 28.7 Å². The highest BCUT2D eigenvalue weighted by Crippen LogP contribution is 2.45. The van der Waals surface area contributed by atoms with Crippen LogP contribution in [0.1, 0.15) is 29.0 Å². The summed E-state index contributed by atoms with van der Waals surface area (Å²) in [5.41, 5.74) is 0.691. The first kappa shape index (κ1) is 16.1. The lowest BCUT2D eigenvalue weighted by atomic mass is 9.72. The van der Waals surface area contributed by atoms with Gasteiger partial charge in [-0.15, -0.1) is 0 Å². The van der Waals surface area contributed by atoms with Gasteiger partial charge in [0.15, 0.2) is 0 Å². The van der Waals surface area contributed by atoms with Crippen molar-refractivity contribution in [1.82, 2.24) is 4.90 Å². The third kappa shape index (κ3) is 2.61. The van der Waals surface area contributed by atoms with Crippen LogP contribution in [0.25, 0.3) is 11.0 Å². The molecule has 1 aromatic carbocycles. The van der Waals surface area contributed by atoms with Gasteiger partial charge in [-0.2, -0.15) is 0 Å². The van der Waals surface area contributed by atoms with Crippen molar-refractivity contribution in [3.05, 3.63) is 35.6 Å². The second-order valence-electron chi connectivity index (χ2n) is 7.13. The zero-order valence-electron chi connectivity index (χ0n) is 14.2. The van der Waals surface area contributed by atoms with Crippen LogP contribution in [0.4, 0.5) is 0 Å². The number of ether oxygens (including phenoxy) is 1. The Morgan fingerprint density at radius 2 is 2.04 bits per heavy atom. The standard InChI is InChI=1S/C19H21NO5/c1-12-9-13-3-2-4-14(16(13)25-12)17(21)20-10-15(18(22)23)19(11-20)5-7-24-8-6-19/h2-4,9,15H,5-8,10-11H2,1H3,(H,22,23). The molecule has 6 nitrogen and oxygen atoms in total. The zero-order valence-corrected chi connectivity index (χ0v) is 14.2. The first-order valence-corrected chi connectivity index (χ1v) is 8.59. The second-order valence-corrected chi connectivity index (χ2v) is 7.13. The topological polar surface area (TPSA) is 80.0 Å². The zero-order chi connectivity index (χ0) is 17.6. The van der Waals surface area contributed by atoms with Crippen LogP contribution >= 0.6 is 0 Å². The quantitative estimate of drug-likeness (QED) is 0.907. The first-order valence-electron chi connectivity index (χ1n) is 8.59. The van der Waals surface area contributed by atoms with Crippen LogP contribution in [0.3, 0.4) is 0 Å². The normalized spacial score (nSPS) is 22.6. The van der Waals surface area contributed by atoms with Crippen LogP contribution in [-0.4, -0.2) is 48.2 Å². The van der Waals surface area contributed by atoms with Crippen LogP contribution < -0.4 is 0 Å². The van der Waals surface area contributed by atoms with Gasteiger partial charge in [0, 0.05) is 37.1 Å². The maximum absolute atomic E-state index is 13.1. The number of rotatable bonds is 2. The lowest BCUT2D eigenvalue weighted by Crippen LogP contribution is -2.40. The summed E-state index contributed by atoms with van der Waals surface area (Å²) in [6.45, 7) is 3.66. The van der Waals surface area contributed by atoms with Crippen molar-refractivity contribution in [3.8, 4) is 0 Å². The van der Waals surface area contributed by atoms with Crippen LogP contribution in [-0.2, 0) is 9.53 Å². The number of para-hydroxylation sites is 1. The molecule has 1 unspecified atom stereocenters. The van der Waals surface area contributed by atoms with Gasteiger partial charge in [0.1, 0.15) is 11.3 Å². The summed E-state index contributed by atoms with van der Waals surface area (Å²) in [5, 5.41) is 10.6. The predicted octanol–water partition coefficient (Wildman–Crippen LogP) is 2.69. The number of carboxylic acids is 1. The molecule has 3 heterocycles. The van der Waals surface area contributed by atoms with Crippen molar-refractivity contribution in [2.45, 2.75) is 19.8 Å². The fourth-order valence-corrected chi connectivity index (χ4v) is 4.28. The Labute approximate surface area is 145 Å². The summed E-state index contributed by atoms with van der Waals surface area (Å²) in [7, 11) is 0. The number of benzene rings is 1. The van der Waals surface area contributed by atoms with E-state index in [9.17, 15) is 14.7 Å². The Hall–Kier alpha value is -2.34. The number of aryl methyl sites for hydroxylation is 1. The summed E-state index contributed by atoms with van der Waals surface area (Å²) >= 11 is 0. The minimum atomic E-state index is -0.829. The van der Waals surface area contributed by atoms with Gasteiger partial charge >= 0.3 is 5.97 Å².